The minimum Gasteiger partial charge on any atom is -0.444 e. The quantitative estimate of drug-likeness (QED) is 0.467. The number of rotatable bonds is 9. The molecule has 0 spiro atoms. The molecule has 0 heterocycles. The van der Waals surface area contributed by atoms with Crippen LogP contribution >= 0.6 is 15.9 Å². The molecule has 0 saturated carbocycles. The van der Waals surface area contributed by atoms with Crippen molar-refractivity contribution in [2.45, 2.75) is 52.2 Å². The molecule has 0 saturated heterocycles. The molecule has 0 bridgehead atoms. The summed E-state index contributed by atoms with van der Waals surface area (Å²) in [5.41, 5.74) is 2.07. The fourth-order valence-corrected chi connectivity index (χ4v) is 3.04. The van der Waals surface area contributed by atoms with E-state index in [0.717, 1.165) is 15.6 Å². The molecule has 3 N–H and O–H groups in total. The topological polar surface area (TPSA) is 96.5 Å². The third-order valence-electron chi connectivity index (χ3n) is 4.27. The third kappa shape index (κ3) is 10.4. The van der Waals surface area contributed by atoms with E-state index < -0.39 is 11.7 Å². The van der Waals surface area contributed by atoms with Gasteiger partial charge in [0, 0.05) is 36.1 Å². The van der Waals surface area contributed by atoms with Gasteiger partial charge in [0.1, 0.15) is 5.60 Å². The number of ether oxygens (including phenoxy) is 1. The molecule has 0 unspecified atom stereocenters. The Bertz CT molecular complexity index is 924. The van der Waals surface area contributed by atoms with Crippen LogP contribution in [-0.4, -0.2) is 30.1 Å². The second kappa shape index (κ2) is 12.2. The number of halogens is 1. The summed E-state index contributed by atoms with van der Waals surface area (Å²) < 4.78 is 6.13. The summed E-state index contributed by atoms with van der Waals surface area (Å²) in [7, 11) is 0. The Morgan fingerprint density at radius 2 is 1.62 bits per heavy atom. The molecule has 0 fully saturated rings. The fraction of sp³-hybridized carbons (Fsp3) is 0.375. The van der Waals surface area contributed by atoms with Crippen LogP contribution in [0.3, 0.4) is 0 Å². The van der Waals surface area contributed by atoms with Gasteiger partial charge in [-0.15, -0.1) is 0 Å². The van der Waals surface area contributed by atoms with Crippen LogP contribution in [0.1, 0.15) is 44.7 Å². The van der Waals surface area contributed by atoms with E-state index >= 15 is 0 Å². The van der Waals surface area contributed by atoms with Gasteiger partial charge in [0.05, 0.1) is 0 Å². The SMILES string of the molecule is CC(C)(C)OC(=O)NCCC(=O)NCc1cccc(NC(=O)CCc2ccc(Br)cc2)c1. The highest BCUT2D eigenvalue weighted by Crippen LogP contribution is 2.14. The first-order chi connectivity index (χ1) is 15.1. The molecular weight excluding hydrogens is 474 g/mol. The van der Waals surface area contributed by atoms with Crippen molar-refractivity contribution in [2.75, 3.05) is 11.9 Å². The normalized spacial score (nSPS) is 10.9. The highest BCUT2D eigenvalue weighted by Gasteiger charge is 2.15. The predicted octanol–water partition coefficient (Wildman–Crippen LogP) is 4.55. The van der Waals surface area contributed by atoms with Gasteiger partial charge in [0.25, 0.3) is 0 Å². The highest BCUT2D eigenvalue weighted by molar-refractivity contribution is 9.10. The maximum Gasteiger partial charge on any atom is 0.407 e. The molecule has 7 nitrogen and oxygen atoms in total. The summed E-state index contributed by atoms with van der Waals surface area (Å²) in [6, 6.07) is 15.2. The van der Waals surface area contributed by atoms with E-state index in [1.54, 1.807) is 20.8 Å². The number of benzene rings is 2. The van der Waals surface area contributed by atoms with E-state index in [0.29, 0.717) is 25.1 Å². The number of nitrogens with one attached hydrogen (secondary N) is 3. The zero-order valence-corrected chi connectivity index (χ0v) is 20.3. The lowest BCUT2D eigenvalue weighted by Gasteiger charge is -2.19. The Labute approximate surface area is 197 Å². The molecule has 2 aromatic carbocycles. The van der Waals surface area contributed by atoms with Gasteiger partial charge in [-0.25, -0.2) is 4.79 Å². The minimum absolute atomic E-state index is 0.0673. The van der Waals surface area contributed by atoms with Gasteiger partial charge in [-0.1, -0.05) is 40.2 Å². The van der Waals surface area contributed by atoms with Crippen LogP contribution in [0, 0.1) is 0 Å². The van der Waals surface area contributed by atoms with Gasteiger partial charge in [-0.05, 0) is 62.6 Å². The van der Waals surface area contributed by atoms with Crippen molar-refractivity contribution in [3.63, 3.8) is 0 Å². The van der Waals surface area contributed by atoms with Crippen LogP contribution in [0.15, 0.2) is 53.0 Å². The van der Waals surface area contributed by atoms with E-state index in [2.05, 4.69) is 31.9 Å². The minimum atomic E-state index is -0.578. The van der Waals surface area contributed by atoms with Gasteiger partial charge in [0.15, 0.2) is 0 Å². The van der Waals surface area contributed by atoms with Crippen LogP contribution < -0.4 is 16.0 Å². The Morgan fingerprint density at radius 3 is 2.31 bits per heavy atom. The average Bonchev–Trinajstić information content (AvgIpc) is 2.71. The van der Waals surface area contributed by atoms with Crippen LogP contribution in [0.25, 0.3) is 0 Å². The van der Waals surface area contributed by atoms with Crippen molar-refractivity contribution in [1.29, 1.82) is 0 Å². The van der Waals surface area contributed by atoms with Crippen LogP contribution in [0.4, 0.5) is 10.5 Å². The summed E-state index contributed by atoms with van der Waals surface area (Å²) in [5, 5.41) is 8.25. The van der Waals surface area contributed by atoms with Gasteiger partial charge in [-0.3, -0.25) is 9.59 Å². The monoisotopic (exact) mass is 503 g/mol. The molecule has 3 amide bonds. The molecule has 32 heavy (non-hydrogen) atoms. The van der Waals surface area contributed by atoms with Crippen molar-refractivity contribution in [3.8, 4) is 0 Å². The molecule has 172 valence electrons. The lowest BCUT2D eigenvalue weighted by Crippen LogP contribution is -2.35. The molecule has 0 aliphatic heterocycles. The largest absolute Gasteiger partial charge is 0.444 e. The molecular formula is C24H30BrN3O4. The lowest BCUT2D eigenvalue weighted by molar-refractivity contribution is -0.121. The van der Waals surface area contributed by atoms with E-state index in [-0.39, 0.29) is 24.8 Å². The number of carbonyl (C=O) groups is 3. The van der Waals surface area contributed by atoms with Gasteiger partial charge >= 0.3 is 6.09 Å². The van der Waals surface area contributed by atoms with E-state index in [1.807, 2.05) is 48.5 Å². The molecule has 0 radical (unpaired) electrons. The summed E-state index contributed by atoms with van der Waals surface area (Å²) >= 11 is 3.40. The zero-order chi connectivity index (χ0) is 23.6. The van der Waals surface area contributed by atoms with Crippen molar-refractivity contribution in [1.82, 2.24) is 10.6 Å². The van der Waals surface area contributed by atoms with Crippen molar-refractivity contribution < 1.29 is 19.1 Å². The lowest BCUT2D eigenvalue weighted by atomic mass is 10.1. The first-order valence-corrected chi connectivity index (χ1v) is 11.3. The molecule has 0 atom stereocenters. The first-order valence-electron chi connectivity index (χ1n) is 10.5. The summed E-state index contributed by atoms with van der Waals surface area (Å²) in [4.78, 5) is 35.9. The van der Waals surface area contributed by atoms with Crippen molar-refractivity contribution >= 4 is 39.5 Å². The Balaban J connectivity index is 1.71. The molecule has 0 aliphatic carbocycles. The number of carbonyl (C=O) groups excluding carboxylic acids is 3. The van der Waals surface area contributed by atoms with Crippen molar-refractivity contribution in [2.24, 2.45) is 0 Å². The number of amides is 3. The van der Waals surface area contributed by atoms with Gasteiger partial charge in [0.2, 0.25) is 11.8 Å². The molecule has 0 aliphatic rings. The first kappa shape index (κ1) is 25.4. The molecule has 8 heteroatoms. The Kier molecular flexibility index (Phi) is 9.71. The van der Waals surface area contributed by atoms with E-state index in [9.17, 15) is 14.4 Å². The smallest absolute Gasteiger partial charge is 0.407 e. The van der Waals surface area contributed by atoms with Gasteiger partial charge < -0.3 is 20.7 Å². The Hall–Kier alpha value is -2.87. The second-order valence-corrected chi connectivity index (χ2v) is 9.25. The summed E-state index contributed by atoms with van der Waals surface area (Å²) in [6.45, 7) is 5.85. The van der Waals surface area contributed by atoms with E-state index in [1.165, 1.54) is 0 Å². The number of hydrogen-bond acceptors (Lipinski definition) is 4. The second-order valence-electron chi connectivity index (χ2n) is 8.33. The van der Waals surface area contributed by atoms with Crippen LogP contribution in [-0.2, 0) is 27.3 Å². The fourth-order valence-electron chi connectivity index (χ4n) is 2.77. The maximum atomic E-state index is 12.3. The number of anilines is 1. The Morgan fingerprint density at radius 1 is 0.906 bits per heavy atom. The number of hydrogen-bond donors (Lipinski definition) is 3. The highest BCUT2D eigenvalue weighted by atomic mass is 79.9. The van der Waals surface area contributed by atoms with E-state index in [4.69, 9.17) is 4.74 Å². The number of aryl methyl sites for hydroxylation is 1. The van der Waals surface area contributed by atoms with Crippen LogP contribution in [0.2, 0.25) is 0 Å². The molecule has 2 rings (SSSR count). The third-order valence-corrected chi connectivity index (χ3v) is 4.80. The predicted molar refractivity (Wildman–Crippen MR) is 128 cm³/mol. The summed E-state index contributed by atoms with van der Waals surface area (Å²) in [6.07, 6.45) is 0.638. The van der Waals surface area contributed by atoms with Crippen LogP contribution in [0.5, 0.6) is 0 Å². The van der Waals surface area contributed by atoms with Gasteiger partial charge in [-0.2, -0.15) is 0 Å². The number of alkyl carbamates (subject to hydrolysis) is 1. The maximum absolute atomic E-state index is 12.3. The average molecular weight is 504 g/mol. The van der Waals surface area contributed by atoms with Crippen molar-refractivity contribution in [3.05, 3.63) is 64.1 Å². The summed E-state index contributed by atoms with van der Waals surface area (Å²) in [5.74, 6) is -0.257. The molecule has 2 aromatic rings. The zero-order valence-electron chi connectivity index (χ0n) is 18.7. The standard InChI is InChI=1S/C24H30BrN3O4/c1-24(2,3)32-23(31)26-14-13-21(29)27-16-18-5-4-6-20(15-18)28-22(30)12-9-17-7-10-19(25)11-8-17/h4-8,10-11,15H,9,12-14,16H2,1-3H3,(H,26,31)(H,27,29)(H,28,30). The molecule has 0 aromatic heterocycles.